The molecule has 0 fully saturated rings. The van der Waals surface area contributed by atoms with Gasteiger partial charge in [0, 0.05) is 11.5 Å². The van der Waals surface area contributed by atoms with Gasteiger partial charge in [0.25, 0.3) is 0 Å². The summed E-state index contributed by atoms with van der Waals surface area (Å²) in [6.45, 7) is 5.76. The Balaban J connectivity index is 3.55. The van der Waals surface area contributed by atoms with Crippen molar-refractivity contribution in [3.05, 3.63) is 22.8 Å². The van der Waals surface area contributed by atoms with E-state index in [1.54, 1.807) is 0 Å². The van der Waals surface area contributed by atoms with Gasteiger partial charge >= 0.3 is 0 Å². The van der Waals surface area contributed by atoms with Crippen LogP contribution in [0.3, 0.4) is 0 Å². The zero-order valence-electron chi connectivity index (χ0n) is 4.94. The molecule has 1 aromatic heterocycles. The number of hydrogen-bond acceptors (Lipinski definition) is 0. The number of aromatic amines is 1. The number of rotatable bonds is 0. The summed E-state index contributed by atoms with van der Waals surface area (Å²) in [5, 5.41) is 2.18. The molecule has 1 N–H and O–H groups in total. The Bertz CT molecular complexity index is 256. The van der Waals surface area contributed by atoms with Crippen LogP contribution < -0.4 is 10.6 Å². The van der Waals surface area contributed by atoms with Crippen molar-refractivity contribution in [2.45, 2.75) is 6.92 Å². The molecular weight excluding hydrogens is 98.1 g/mol. The molecule has 1 rings (SSSR count). The molecule has 0 bridgehead atoms. The minimum atomic E-state index is 0.993. The SMILES string of the molecule is C=c1[nH]cc/c1=C/C. The predicted molar refractivity (Wildman–Crippen MR) is 35.7 cm³/mol. The van der Waals surface area contributed by atoms with Gasteiger partial charge in [0.15, 0.2) is 0 Å². The second kappa shape index (κ2) is 1.86. The highest BCUT2D eigenvalue weighted by Crippen LogP contribution is 1.59. The fraction of sp³-hybridized carbons (Fsp3) is 0.143. The average molecular weight is 107 g/mol. The molecule has 0 unspecified atom stereocenters. The smallest absolute Gasteiger partial charge is 0.0377 e. The van der Waals surface area contributed by atoms with Crippen molar-refractivity contribution in [1.29, 1.82) is 0 Å². The largest absolute Gasteiger partial charge is 0.362 e. The van der Waals surface area contributed by atoms with E-state index in [-0.39, 0.29) is 0 Å². The van der Waals surface area contributed by atoms with Gasteiger partial charge in [-0.25, -0.2) is 0 Å². The van der Waals surface area contributed by atoms with E-state index in [9.17, 15) is 0 Å². The first-order valence-electron chi connectivity index (χ1n) is 2.63. The van der Waals surface area contributed by atoms with E-state index in [1.807, 2.05) is 25.3 Å². The fourth-order valence-electron chi connectivity index (χ4n) is 0.686. The first kappa shape index (κ1) is 5.16. The van der Waals surface area contributed by atoms with Gasteiger partial charge in [-0.2, -0.15) is 0 Å². The van der Waals surface area contributed by atoms with Crippen LogP contribution in [0.25, 0.3) is 12.7 Å². The van der Waals surface area contributed by atoms with E-state index in [0.717, 1.165) is 5.35 Å². The molecule has 0 saturated heterocycles. The Morgan fingerprint density at radius 3 is 2.75 bits per heavy atom. The lowest BCUT2D eigenvalue weighted by Crippen LogP contribution is -2.18. The summed E-state index contributed by atoms with van der Waals surface area (Å²) >= 11 is 0. The summed E-state index contributed by atoms with van der Waals surface area (Å²) in [7, 11) is 0. The van der Waals surface area contributed by atoms with Crippen molar-refractivity contribution in [3.8, 4) is 0 Å². The molecule has 0 radical (unpaired) electrons. The Hall–Kier alpha value is -0.980. The minimum absolute atomic E-state index is 0.993. The zero-order valence-corrected chi connectivity index (χ0v) is 4.94. The van der Waals surface area contributed by atoms with Gasteiger partial charge in [0.1, 0.15) is 0 Å². The van der Waals surface area contributed by atoms with Crippen molar-refractivity contribution < 1.29 is 0 Å². The third-order valence-electron chi connectivity index (χ3n) is 1.18. The molecule has 0 spiro atoms. The lowest BCUT2D eigenvalue weighted by atomic mass is 10.4. The normalized spacial score (nSPS) is 12.4. The van der Waals surface area contributed by atoms with Crippen molar-refractivity contribution in [1.82, 2.24) is 4.98 Å². The second-order valence-corrected chi connectivity index (χ2v) is 1.70. The van der Waals surface area contributed by atoms with E-state index in [4.69, 9.17) is 0 Å². The van der Waals surface area contributed by atoms with Gasteiger partial charge in [-0.1, -0.05) is 12.7 Å². The van der Waals surface area contributed by atoms with Crippen LogP contribution in [0.5, 0.6) is 0 Å². The predicted octanol–water partition coefficient (Wildman–Crippen LogP) is 0.225. The van der Waals surface area contributed by atoms with Crippen LogP contribution in [-0.4, -0.2) is 4.98 Å². The molecule has 1 aromatic rings. The molecule has 1 nitrogen and oxygen atoms in total. The summed E-state index contributed by atoms with van der Waals surface area (Å²) in [4.78, 5) is 2.98. The molecule has 0 aromatic carbocycles. The maximum Gasteiger partial charge on any atom is 0.0377 e. The molecule has 0 aliphatic carbocycles. The molecule has 0 atom stereocenters. The molecular formula is C7H9N. The Kier molecular flexibility index (Phi) is 1.20. The lowest BCUT2D eigenvalue weighted by molar-refractivity contribution is 1.33. The summed E-state index contributed by atoms with van der Waals surface area (Å²) in [6, 6.07) is 2.00. The molecule has 1 heterocycles. The van der Waals surface area contributed by atoms with Gasteiger partial charge in [0.05, 0.1) is 0 Å². The van der Waals surface area contributed by atoms with E-state index in [2.05, 4.69) is 11.6 Å². The van der Waals surface area contributed by atoms with Gasteiger partial charge in [-0.05, 0) is 18.2 Å². The molecule has 0 aliphatic rings. The highest BCUT2D eigenvalue weighted by atomic mass is 14.6. The van der Waals surface area contributed by atoms with E-state index >= 15 is 0 Å². The fourth-order valence-corrected chi connectivity index (χ4v) is 0.686. The first-order valence-corrected chi connectivity index (χ1v) is 2.63. The van der Waals surface area contributed by atoms with Gasteiger partial charge in [-0.3, -0.25) is 0 Å². The number of aromatic nitrogens is 1. The van der Waals surface area contributed by atoms with Crippen molar-refractivity contribution in [3.63, 3.8) is 0 Å². The highest BCUT2D eigenvalue weighted by molar-refractivity contribution is 5.20. The number of H-pyrrole nitrogens is 1. The second-order valence-electron chi connectivity index (χ2n) is 1.70. The summed E-state index contributed by atoms with van der Waals surface area (Å²) < 4.78 is 0. The van der Waals surface area contributed by atoms with Crippen molar-refractivity contribution in [2.75, 3.05) is 0 Å². The Morgan fingerprint density at radius 1 is 1.75 bits per heavy atom. The monoisotopic (exact) mass is 107 g/mol. The Morgan fingerprint density at radius 2 is 2.50 bits per heavy atom. The number of hydrogen-bond donors (Lipinski definition) is 1. The third-order valence-corrected chi connectivity index (χ3v) is 1.18. The van der Waals surface area contributed by atoms with Crippen LogP contribution >= 0.6 is 0 Å². The van der Waals surface area contributed by atoms with Crippen molar-refractivity contribution >= 4 is 12.7 Å². The molecule has 0 amide bonds. The highest BCUT2D eigenvalue weighted by Gasteiger charge is 1.75. The quantitative estimate of drug-likeness (QED) is 0.488. The molecule has 0 saturated carbocycles. The van der Waals surface area contributed by atoms with Gasteiger partial charge < -0.3 is 4.98 Å². The zero-order chi connectivity index (χ0) is 5.98. The van der Waals surface area contributed by atoms with Gasteiger partial charge in [-0.15, -0.1) is 0 Å². The molecule has 42 valence electrons. The van der Waals surface area contributed by atoms with Crippen molar-refractivity contribution in [2.24, 2.45) is 0 Å². The maximum atomic E-state index is 3.76. The van der Waals surface area contributed by atoms with Crippen LogP contribution in [0.1, 0.15) is 6.92 Å². The van der Waals surface area contributed by atoms with E-state index in [1.165, 1.54) is 5.22 Å². The summed E-state index contributed by atoms with van der Waals surface area (Å²) in [5.74, 6) is 0. The first-order chi connectivity index (χ1) is 3.84. The standard InChI is InChI=1S/C7H9N/c1-3-7-4-5-8-6(7)2/h3-5,8H,2H2,1H3/b7-3-. The van der Waals surface area contributed by atoms with Crippen LogP contribution in [0.15, 0.2) is 12.3 Å². The topological polar surface area (TPSA) is 15.8 Å². The maximum absolute atomic E-state index is 3.76. The molecule has 8 heavy (non-hydrogen) atoms. The minimum Gasteiger partial charge on any atom is -0.362 e. The van der Waals surface area contributed by atoms with Crippen LogP contribution in [0.2, 0.25) is 0 Å². The van der Waals surface area contributed by atoms with Gasteiger partial charge in [0.2, 0.25) is 0 Å². The summed E-state index contributed by atoms with van der Waals surface area (Å²) in [5.41, 5.74) is 0. The number of nitrogens with one attached hydrogen (secondary N) is 1. The average Bonchev–Trinajstić information content (AvgIpc) is 2.14. The Labute approximate surface area is 48.4 Å². The van der Waals surface area contributed by atoms with Crippen LogP contribution in [0, 0.1) is 0 Å². The third kappa shape index (κ3) is 0.668. The van der Waals surface area contributed by atoms with Crippen LogP contribution in [0.4, 0.5) is 0 Å². The van der Waals surface area contributed by atoms with E-state index in [0.29, 0.717) is 0 Å². The lowest BCUT2D eigenvalue weighted by Gasteiger charge is -1.67. The molecule has 0 aliphatic heterocycles. The summed E-state index contributed by atoms with van der Waals surface area (Å²) in [6.07, 6.45) is 3.91. The van der Waals surface area contributed by atoms with E-state index < -0.39 is 0 Å². The molecule has 1 heteroatoms. The van der Waals surface area contributed by atoms with Crippen LogP contribution in [-0.2, 0) is 0 Å².